The van der Waals surface area contributed by atoms with Crippen LogP contribution >= 0.6 is 0 Å². The Kier molecular flexibility index (Phi) is 3.99. The molecular weight excluding hydrogens is 329 g/mol. The van der Waals surface area contributed by atoms with E-state index in [0.717, 1.165) is 23.5 Å². The molecule has 130 valence electrons. The predicted octanol–water partition coefficient (Wildman–Crippen LogP) is 5.07. The fourth-order valence-corrected chi connectivity index (χ4v) is 2.95. The topological polar surface area (TPSA) is 51.2 Å². The first-order chi connectivity index (χ1) is 11.7. The zero-order valence-electron chi connectivity index (χ0n) is 13.7. The van der Waals surface area contributed by atoms with Crippen molar-refractivity contribution in [2.45, 2.75) is 20.0 Å². The number of benzene rings is 2. The van der Waals surface area contributed by atoms with E-state index in [1.54, 1.807) is 12.1 Å². The Balaban J connectivity index is 2.36. The van der Waals surface area contributed by atoms with Crippen molar-refractivity contribution in [3.05, 3.63) is 65.5 Å². The number of nitrogen functional groups attached to an aromatic ring is 1. The number of rotatable bonds is 2. The summed E-state index contributed by atoms with van der Waals surface area (Å²) in [6.07, 6.45) is -4.50. The van der Waals surface area contributed by atoms with Gasteiger partial charge < -0.3 is 15.4 Å². The van der Waals surface area contributed by atoms with Crippen molar-refractivity contribution in [2.75, 3.05) is 5.73 Å². The Labute approximate surface area is 143 Å². The van der Waals surface area contributed by atoms with Gasteiger partial charge in [-0.15, -0.1) is 0 Å². The van der Waals surface area contributed by atoms with Gasteiger partial charge in [-0.3, -0.25) is 0 Å². The lowest BCUT2D eigenvalue weighted by molar-refractivity contribution is -0.137. The Hall–Kier alpha value is -2.89. The Bertz CT molecular complexity index is 906. The molecule has 3 nitrogen and oxygen atoms in total. The molecule has 0 unspecified atom stereocenters. The minimum atomic E-state index is -4.50. The maximum absolute atomic E-state index is 13.3. The van der Waals surface area contributed by atoms with Crippen LogP contribution in [0.4, 0.5) is 18.9 Å². The lowest BCUT2D eigenvalue weighted by atomic mass is 9.98. The molecule has 25 heavy (non-hydrogen) atoms. The zero-order valence-corrected chi connectivity index (χ0v) is 13.7. The summed E-state index contributed by atoms with van der Waals surface area (Å²) in [5.41, 5.74) is 8.41. The summed E-state index contributed by atoms with van der Waals surface area (Å²) in [5, 5.41) is 9.47. The Morgan fingerprint density at radius 3 is 2.00 bits per heavy atom. The average Bonchev–Trinajstić information content (AvgIpc) is 2.86. The number of phenols is 1. The molecule has 0 aliphatic carbocycles. The van der Waals surface area contributed by atoms with E-state index in [4.69, 9.17) is 5.73 Å². The van der Waals surface area contributed by atoms with Gasteiger partial charge in [0.05, 0.1) is 16.9 Å². The second kappa shape index (κ2) is 5.88. The van der Waals surface area contributed by atoms with Crippen LogP contribution in [-0.2, 0) is 6.18 Å². The van der Waals surface area contributed by atoms with Crippen LogP contribution in [0.15, 0.2) is 48.5 Å². The molecule has 6 heteroatoms. The first kappa shape index (κ1) is 17.0. The Morgan fingerprint density at radius 1 is 0.920 bits per heavy atom. The lowest BCUT2D eigenvalue weighted by Gasteiger charge is -2.20. The minimum Gasteiger partial charge on any atom is -0.508 e. The van der Waals surface area contributed by atoms with Crippen molar-refractivity contribution in [2.24, 2.45) is 0 Å². The molecule has 3 N–H and O–H groups in total. The third-order valence-corrected chi connectivity index (χ3v) is 4.14. The zero-order chi connectivity index (χ0) is 18.4. The van der Waals surface area contributed by atoms with Gasteiger partial charge in [-0.05, 0) is 55.8 Å². The highest BCUT2D eigenvalue weighted by Gasteiger charge is 2.32. The van der Waals surface area contributed by atoms with E-state index in [0.29, 0.717) is 16.8 Å². The Morgan fingerprint density at radius 2 is 1.48 bits per heavy atom. The highest BCUT2D eigenvalue weighted by Crippen LogP contribution is 2.40. The van der Waals surface area contributed by atoms with Crippen molar-refractivity contribution >= 4 is 5.69 Å². The van der Waals surface area contributed by atoms with Crippen LogP contribution in [0.5, 0.6) is 5.75 Å². The van der Waals surface area contributed by atoms with Crippen LogP contribution in [0.3, 0.4) is 0 Å². The molecular formula is C19H17F3N2O. The van der Waals surface area contributed by atoms with Crippen LogP contribution in [0.2, 0.25) is 0 Å². The van der Waals surface area contributed by atoms with Crippen molar-refractivity contribution in [3.63, 3.8) is 0 Å². The number of anilines is 1. The van der Waals surface area contributed by atoms with E-state index in [9.17, 15) is 18.3 Å². The van der Waals surface area contributed by atoms with Crippen molar-refractivity contribution in [1.82, 2.24) is 4.57 Å². The molecule has 0 aliphatic heterocycles. The van der Waals surface area contributed by atoms with Gasteiger partial charge in [0.15, 0.2) is 0 Å². The molecule has 0 bridgehead atoms. The van der Waals surface area contributed by atoms with Crippen LogP contribution < -0.4 is 5.73 Å². The predicted molar refractivity (Wildman–Crippen MR) is 91.8 cm³/mol. The number of nitrogens with two attached hydrogens (primary N) is 1. The van der Waals surface area contributed by atoms with E-state index in [-0.39, 0.29) is 11.4 Å². The quantitative estimate of drug-likeness (QED) is 0.637. The number of aromatic nitrogens is 1. The second-order valence-corrected chi connectivity index (χ2v) is 5.96. The van der Waals surface area contributed by atoms with Crippen molar-refractivity contribution in [3.8, 4) is 22.6 Å². The summed E-state index contributed by atoms with van der Waals surface area (Å²) in [7, 11) is 0. The monoisotopic (exact) mass is 346 g/mol. The molecule has 1 heterocycles. The number of hydrogen-bond acceptors (Lipinski definition) is 2. The molecule has 0 atom stereocenters. The second-order valence-electron chi connectivity index (χ2n) is 5.96. The number of phenolic OH excluding ortho intramolecular Hbond substituents is 1. The minimum absolute atomic E-state index is 0.0403. The first-order valence-electron chi connectivity index (χ1n) is 7.64. The smallest absolute Gasteiger partial charge is 0.416 e. The van der Waals surface area contributed by atoms with E-state index >= 15 is 0 Å². The van der Waals surface area contributed by atoms with Gasteiger partial charge in [-0.25, -0.2) is 0 Å². The average molecular weight is 346 g/mol. The molecule has 0 saturated carbocycles. The number of nitrogens with zero attached hydrogens (tertiary/aromatic N) is 1. The summed E-state index contributed by atoms with van der Waals surface area (Å²) >= 11 is 0. The molecule has 0 amide bonds. The molecule has 3 rings (SSSR count). The summed E-state index contributed by atoms with van der Waals surface area (Å²) in [4.78, 5) is 0. The largest absolute Gasteiger partial charge is 0.508 e. The highest BCUT2D eigenvalue weighted by molar-refractivity contribution is 5.82. The molecule has 2 aromatic carbocycles. The molecule has 1 aromatic heterocycles. The normalized spacial score (nSPS) is 11.7. The van der Waals surface area contributed by atoms with Gasteiger partial charge in [0.1, 0.15) is 5.75 Å². The fourth-order valence-electron chi connectivity index (χ4n) is 2.95. The SMILES string of the molecule is Cc1ccc(C)n1-c1c(N)cc(C(F)(F)F)cc1-c1ccc(O)cc1. The summed E-state index contributed by atoms with van der Waals surface area (Å²) in [5.74, 6) is 0.0403. The highest BCUT2D eigenvalue weighted by atomic mass is 19.4. The van der Waals surface area contributed by atoms with Crippen molar-refractivity contribution < 1.29 is 18.3 Å². The van der Waals surface area contributed by atoms with Crippen LogP contribution in [-0.4, -0.2) is 9.67 Å². The molecule has 0 saturated heterocycles. The summed E-state index contributed by atoms with van der Waals surface area (Å²) in [6, 6.07) is 11.8. The number of aryl methyl sites for hydroxylation is 2. The standard InChI is InChI=1S/C19H17F3N2O/c1-11-3-4-12(2)24(11)18-16(13-5-7-15(25)8-6-13)9-14(10-17(18)23)19(20,21)22/h3-10,25H,23H2,1-2H3. The molecule has 3 aromatic rings. The van der Waals surface area contributed by atoms with E-state index < -0.39 is 11.7 Å². The van der Waals surface area contributed by atoms with E-state index in [1.807, 2.05) is 30.5 Å². The number of alkyl halides is 3. The van der Waals surface area contributed by atoms with Gasteiger partial charge in [0, 0.05) is 17.0 Å². The van der Waals surface area contributed by atoms with Gasteiger partial charge in [0.2, 0.25) is 0 Å². The lowest BCUT2D eigenvalue weighted by Crippen LogP contribution is -2.11. The number of hydrogen-bond donors (Lipinski definition) is 2. The summed E-state index contributed by atoms with van der Waals surface area (Å²) in [6.45, 7) is 3.73. The van der Waals surface area contributed by atoms with E-state index in [1.165, 1.54) is 12.1 Å². The third-order valence-electron chi connectivity index (χ3n) is 4.14. The number of halogens is 3. The summed E-state index contributed by atoms with van der Waals surface area (Å²) < 4.78 is 41.6. The van der Waals surface area contributed by atoms with Gasteiger partial charge in [-0.1, -0.05) is 12.1 Å². The van der Waals surface area contributed by atoms with Crippen LogP contribution in [0.25, 0.3) is 16.8 Å². The maximum atomic E-state index is 13.3. The van der Waals surface area contributed by atoms with Crippen molar-refractivity contribution in [1.29, 1.82) is 0 Å². The van der Waals surface area contributed by atoms with E-state index in [2.05, 4.69) is 0 Å². The molecule has 0 aliphatic rings. The van der Waals surface area contributed by atoms with Crippen LogP contribution in [0, 0.1) is 13.8 Å². The maximum Gasteiger partial charge on any atom is 0.416 e. The third kappa shape index (κ3) is 3.07. The molecule has 0 fully saturated rings. The molecule has 0 spiro atoms. The first-order valence-corrected chi connectivity index (χ1v) is 7.64. The van der Waals surface area contributed by atoms with Gasteiger partial charge in [-0.2, -0.15) is 13.2 Å². The van der Waals surface area contributed by atoms with Gasteiger partial charge in [0.25, 0.3) is 0 Å². The number of aromatic hydroxyl groups is 1. The fraction of sp³-hybridized carbons (Fsp3) is 0.158. The van der Waals surface area contributed by atoms with Crippen LogP contribution in [0.1, 0.15) is 17.0 Å². The molecule has 0 radical (unpaired) electrons. The van der Waals surface area contributed by atoms with Gasteiger partial charge >= 0.3 is 6.18 Å².